The van der Waals surface area contributed by atoms with Crippen molar-refractivity contribution in [1.29, 1.82) is 0 Å². The van der Waals surface area contributed by atoms with Crippen LogP contribution in [0.3, 0.4) is 0 Å². The van der Waals surface area contributed by atoms with E-state index in [2.05, 4.69) is 41.2 Å². The number of benzene rings is 1. The van der Waals surface area contributed by atoms with Gasteiger partial charge in [0, 0.05) is 43.3 Å². The molecule has 6 nitrogen and oxygen atoms in total. The minimum atomic E-state index is -0.284. The van der Waals surface area contributed by atoms with Gasteiger partial charge in [-0.15, -0.1) is 0 Å². The molecule has 0 aliphatic carbocycles. The Balaban J connectivity index is 1.68. The summed E-state index contributed by atoms with van der Waals surface area (Å²) < 4.78 is 7.14. The molecule has 0 atom stereocenters. The molecule has 1 aliphatic rings. The zero-order valence-corrected chi connectivity index (χ0v) is 14.9. The van der Waals surface area contributed by atoms with Crippen molar-refractivity contribution < 1.29 is 14.3 Å². The number of ether oxygens (including phenoxy) is 1. The van der Waals surface area contributed by atoms with Crippen LogP contribution in [0.1, 0.15) is 31.4 Å². The van der Waals surface area contributed by atoms with E-state index in [9.17, 15) is 9.59 Å². The van der Waals surface area contributed by atoms with E-state index >= 15 is 0 Å². The van der Waals surface area contributed by atoms with Gasteiger partial charge < -0.3 is 19.5 Å². The molecule has 1 aromatic carbocycles. The number of hydrogen-bond acceptors (Lipinski definition) is 3. The molecule has 1 N–H and O–H groups in total. The topological polar surface area (TPSA) is 63.6 Å². The van der Waals surface area contributed by atoms with Crippen LogP contribution >= 0.6 is 0 Å². The average molecular weight is 343 g/mol. The lowest BCUT2D eigenvalue weighted by atomic mass is 10.1. The molecule has 25 heavy (non-hydrogen) atoms. The number of hydrogen-bond donors (Lipinski definition) is 1. The number of esters is 1. The summed E-state index contributed by atoms with van der Waals surface area (Å²) in [5.41, 5.74) is 3.71. The van der Waals surface area contributed by atoms with E-state index in [-0.39, 0.29) is 18.4 Å². The molecular formula is C19H25N3O3. The Morgan fingerprint density at radius 2 is 2.08 bits per heavy atom. The maximum absolute atomic E-state index is 12.5. The SMILES string of the molecule is CCOC(=O)CCNC(=O)N1CCc2cn(CC)c3cccc(c23)C1. The van der Waals surface area contributed by atoms with Gasteiger partial charge in [-0.25, -0.2) is 4.79 Å². The van der Waals surface area contributed by atoms with Crippen LogP contribution in [0.4, 0.5) is 4.79 Å². The highest BCUT2D eigenvalue weighted by atomic mass is 16.5. The summed E-state index contributed by atoms with van der Waals surface area (Å²) in [7, 11) is 0. The fourth-order valence-electron chi connectivity index (χ4n) is 3.43. The second kappa shape index (κ2) is 7.59. The van der Waals surface area contributed by atoms with E-state index in [1.54, 1.807) is 6.92 Å². The lowest BCUT2D eigenvalue weighted by Gasteiger charge is -2.21. The highest BCUT2D eigenvalue weighted by Crippen LogP contribution is 2.29. The number of aryl methyl sites for hydroxylation is 1. The number of nitrogens with one attached hydrogen (secondary N) is 1. The molecule has 1 aliphatic heterocycles. The van der Waals surface area contributed by atoms with Gasteiger partial charge in [0.05, 0.1) is 13.0 Å². The predicted molar refractivity (Wildman–Crippen MR) is 96.4 cm³/mol. The Labute approximate surface area is 147 Å². The number of amides is 2. The van der Waals surface area contributed by atoms with Gasteiger partial charge in [0.1, 0.15) is 0 Å². The summed E-state index contributed by atoms with van der Waals surface area (Å²) in [5, 5.41) is 4.11. The summed E-state index contributed by atoms with van der Waals surface area (Å²) in [6, 6.07) is 6.15. The molecule has 6 heteroatoms. The van der Waals surface area contributed by atoms with Gasteiger partial charge >= 0.3 is 12.0 Å². The molecule has 0 bridgehead atoms. The first kappa shape index (κ1) is 17.3. The van der Waals surface area contributed by atoms with Gasteiger partial charge in [-0.05, 0) is 37.5 Å². The van der Waals surface area contributed by atoms with Crippen LogP contribution in [0.15, 0.2) is 24.4 Å². The van der Waals surface area contributed by atoms with Crippen LogP contribution in [0.5, 0.6) is 0 Å². The molecule has 0 spiro atoms. The van der Waals surface area contributed by atoms with E-state index in [0.717, 1.165) is 13.0 Å². The van der Waals surface area contributed by atoms with Crippen molar-refractivity contribution in [3.63, 3.8) is 0 Å². The van der Waals surface area contributed by atoms with Crippen molar-refractivity contribution in [1.82, 2.24) is 14.8 Å². The van der Waals surface area contributed by atoms with Crippen molar-refractivity contribution in [3.05, 3.63) is 35.5 Å². The summed E-state index contributed by atoms with van der Waals surface area (Å²) >= 11 is 0. The van der Waals surface area contributed by atoms with Crippen LogP contribution in [0.25, 0.3) is 10.9 Å². The zero-order valence-electron chi connectivity index (χ0n) is 14.9. The van der Waals surface area contributed by atoms with Crippen molar-refractivity contribution in [2.45, 2.75) is 39.8 Å². The first-order valence-corrected chi connectivity index (χ1v) is 8.92. The van der Waals surface area contributed by atoms with Crippen LogP contribution in [-0.4, -0.2) is 41.2 Å². The fraction of sp³-hybridized carbons (Fsp3) is 0.474. The highest BCUT2D eigenvalue weighted by Gasteiger charge is 2.22. The van der Waals surface area contributed by atoms with Gasteiger partial charge in [-0.1, -0.05) is 12.1 Å². The number of aromatic nitrogens is 1. The molecule has 0 saturated heterocycles. The predicted octanol–water partition coefficient (Wildman–Crippen LogP) is 2.68. The smallest absolute Gasteiger partial charge is 0.317 e. The molecule has 2 amide bonds. The molecule has 0 radical (unpaired) electrons. The van der Waals surface area contributed by atoms with Gasteiger partial charge in [0.25, 0.3) is 0 Å². The molecule has 3 rings (SSSR count). The van der Waals surface area contributed by atoms with Gasteiger partial charge in [-0.3, -0.25) is 4.79 Å². The number of nitrogens with zero attached hydrogens (tertiary/aromatic N) is 2. The van der Waals surface area contributed by atoms with E-state index < -0.39 is 0 Å². The lowest BCUT2D eigenvalue weighted by Crippen LogP contribution is -2.41. The largest absolute Gasteiger partial charge is 0.466 e. The summed E-state index contributed by atoms with van der Waals surface area (Å²) in [6.07, 6.45) is 3.24. The first-order valence-electron chi connectivity index (χ1n) is 8.92. The molecule has 1 aromatic heterocycles. The van der Waals surface area contributed by atoms with Crippen LogP contribution in [-0.2, 0) is 29.0 Å². The number of urea groups is 1. The average Bonchev–Trinajstić information content (AvgIpc) is 2.86. The Bertz CT molecular complexity index is 782. The third-order valence-corrected chi connectivity index (χ3v) is 4.62. The number of carbonyl (C=O) groups is 2. The quantitative estimate of drug-likeness (QED) is 0.849. The summed E-state index contributed by atoms with van der Waals surface area (Å²) in [5.74, 6) is -0.284. The normalized spacial score (nSPS) is 13.6. The van der Waals surface area contributed by atoms with Crippen LogP contribution in [0.2, 0.25) is 0 Å². The zero-order chi connectivity index (χ0) is 17.8. The van der Waals surface area contributed by atoms with Crippen molar-refractivity contribution in [2.24, 2.45) is 0 Å². The number of rotatable bonds is 5. The molecule has 2 aromatic rings. The van der Waals surface area contributed by atoms with E-state index in [0.29, 0.717) is 26.2 Å². The van der Waals surface area contributed by atoms with E-state index in [4.69, 9.17) is 4.74 Å². The Hall–Kier alpha value is -2.50. The van der Waals surface area contributed by atoms with Gasteiger partial charge in [0.15, 0.2) is 0 Å². The molecule has 0 unspecified atom stereocenters. The van der Waals surface area contributed by atoms with E-state index in [1.807, 2.05) is 4.90 Å². The second-order valence-electron chi connectivity index (χ2n) is 6.21. The van der Waals surface area contributed by atoms with Crippen LogP contribution in [0, 0.1) is 0 Å². The molecule has 2 heterocycles. The monoisotopic (exact) mass is 343 g/mol. The van der Waals surface area contributed by atoms with Crippen molar-refractivity contribution in [3.8, 4) is 0 Å². The molecule has 0 saturated carbocycles. The third kappa shape index (κ3) is 3.62. The summed E-state index contributed by atoms with van der Waals surface area (Å²) in [4.78, 5) is 25.6. The third-order valence-electron chi connectivity index (χ3n) is 4.62. The summed E-state index contributed by atoms with van der Waals surface area (Å²) in [6.45, 7) is 6.78. The first-order chi connectivity index (χ1) is 12.1. The molecular weight excluding hydrogens is 318 g/mol. The number of carbonyl (C=O) groups excluding carboxylic acids is 2. The molecule has 134 valence electrons. The Morgan fingerprint density at radius 1 is 1.24 bits per heavy atom. The Kier molecular flexibility index (Phi) is 5.26. The Morgan fingerprint density at radius 3 is 2.84 bits per heavy atom. The van der Waals surface area contributed by atoms with Gasteiger partial charge in [0.2, 0.25) is 0 Å². The minimum absolute atomic E-state index is 0.130. The van der Waals surface area contributed by atoms with Crippen molar-refractivity contribution >= 4 is 22.9 Å². The minimum Gasteiger partial charge on any atom is -0.466 e. The van der Waals surface area contributed by atoms with Gasteiger partial charge in [-0.2, -0.15) is 0 Å². The second-order valence-corrected chi connectivity index (χ2v) is 6.21. The van der Waals surface area contributed by atoms with E-state index in [1.165, 1.54) is 22.0 Å². The van der Waals surface area contributed by atoms with Crippen molar-refractivity contribution in [2.75, 3.05) is 19.7 Å². The maximum Gasteiger partial charge on any atom is 0.317 e. The highest BCUT2D eigenvalue weighted by molar-refractivity contribution is 5.88. The standard InChI is InChI=1S/C19H25N3O3/c1-3-21-12-15-9-11-22(13-14-6-5-7-16(21)18(14)15)19(24)20-10-8-17(23)25-4-2/h5-7,12H,3-4,8-11,13H2,1-2H3,(H,20,24). The lowest BCUT2D eigenvalue weighted by molar-refractivity contribution is -0.142. The fourth-order valence-corrected chi connectivity index (χ4v) is 3.43. The van der Waals surface area contributed by atoms with Crippen LogP contribution < -0.4 is 5.32 Å². The molecule has 0 fully saturated rings. The maximum atomic E-state index is 12.5.